The Labute approximate surface area is 113 Å². The van der Waals surface area contributed by atoms with Crippen molar-refractivity contribution in [3.05, 3.63) is 30.9 Å². The van der Waals surface area contributed by atoms with Gasteiger partial charge in [-0.15, -0.1) is 6.58 Å². The number of nitrogens with one attached hydrogen (secondary N) is 2. The van der Waals surface area contributed by atoms with Crippen LogP contribution in [0.15, 0.2) is 30.9 Å². The highest BCUT2D eigenvalue weighted by Crippen LogP contribution is 2.30. The maximum atomic E-state index is 11.6. The fraction of sp³-hybridized carbons (Fsp3) is 0.357. The van der Waals surface area contributed by atoms with Crippen LogP contribution in [0.2, 0.25) is 0 Å². The summed E-state index contributed by atoms with van der Waals surface area (Å²) in [7, 11) is 1.58. The largest absolute Gasteiger partial charge is 0.493 e. The smallest absolute Gasteiger partial charge is 0.238 e. The van der Waals surface area contributed by atoms with E-state index >= 15 is 0 Å². The molecule has 0 aliphatic carbocycles. The summed E-state index contributed by atoms with van der Waals surface area (Å²) in [6, 6.07) is 5.28. The third-order valence-corrected chi connectivity index (χ3v) is 2.32. The first-order valence-electron chi connectivity index (χ1n) is 6.13. The molecule has 19 heavy (non-hydrogen) atoms. The first-order chi connectivity index (χ1) is 9.21. The predicted molar refractivity (Wildman–Crippen MR) is 75.9 cm³/mol. The highest BCUT2D eigenvalue weighted by Gasteiger charge is 2.07. The minimum absolute atomic E-state index is 0.116. The van der Waals surface area contributed by atoms with Gasteiger partial charge in [0.05, 0.1) is 20.3 Å². The Morgan fingerprint density at radius 3 is 2.84 bits per heavy atom. The normalized spacial score (nSPS) is 9.79. The second-order valence-electron chi connectivity index (χ2n) is 3.77. The molecule has 0 bridgehead atoms. The van der Waals surface area contributed by atoms with Gasteiger partial charge in [-0.3, -0.25) is 4.79 Å². The zero-order valence-electron chi connectivity index (χ0n) is 11.4. The molecule has 0 radical (unpaired) electrons. The molecule has 0 fully saturated rings. The van der Waals surface area contributed by atoms with Crippen LogP contribution in [0, 0.1) is 0 Å². The number of carbonyl (C=O) groups is 1. The molecule has 1 rings (SSSR count). The summed E-state index contributed by atoms with van der Waals surface area (Å²) in [5.41, 5.74) is 0.676. The highest BCUT2D eigenvalue weighted by atomic mass is 16.5. The van der Waals surface area contributed by atoms with Gasteiger partial charge in [-0.2, -0.15) is 0 Å². The van der Waals surface area contributed by atoms with E-state index in [-0.39, 0.29) is 12.5 Å². The molecule has 1 amide bonds. The average Bonchev–Trinajstić information content (AvgIpc) is 2.40. The molecule has 0 saturated carbocycles. The Hall–Kier alpha value is -2.01. The Balaban J connectivity index is 2.65. The van der Waals surface area contributed by atoms with E-state index in [1.165, 1.54) is 0 Å². The minimum atomic E-state index is -0.116. The zero-order chi connectivity index (χ0) is 14.1. The van der Waals surface area contributed by atoms with E-state index in [0.29, 0.717) is 30.3 Å². The molecule has 1 aromatic carbocycles. The van der Waals surface area contributed by atoms with Crippen molar-refractivity contribution in [2.75, 3.05) is 32.1 Å². The molecule has 5 heteroatoms. The fourth-order valence-electron chi connectivity index (χ4n) is 1.52. The standard InChI is InChI=1S/C14H20N2O3/c1-4-8-15-10-14(17)16-11-6-7-12(18-3)13(9-11)19-5-2/h4,6-7,9,15H,1,5,8,10H2,2-3H3,(H,16,17). The first kappa shape index (κ1) is 15.0. The van der Waals surface area contributed by atoms with Crippen LogP contribution in [0.25, 0.3) is 0 Å². The van der Waals surface area contributed by atoms with Crippen LogP contribution in [0.5, 0.6) is 11.5 Å². The van der Waals surface area contributed by atoms with Crippen LogP contribution in [0.1, 0.15) is 6.92 Å². The molecule has 0 heterocycles. The van der Waals surface area contributed by atoms with Gasteiger partial charge in [0.1, 0.15) is 0 Å². The van der Waals surface area contributed by atoms with Crippen LogP contribution < -0.4 is 20.1 Å². The van der Waals surface area contributed by atoms with Gasteiger partial charge in [0.15, 0.2) is 11.5 Å². The molecule has 2 N–H and O–H groups in total. The lowest BCUT2D eigenvalue weighted by atomic mass is 10.2. The SMILES string of the molecule is C=CCNCC(=O)Nc1ccc(OC)c(OCC)c1. The minimum Gasteiger partial charge on any atom is -0.493 e. The Kier molecular flexibility index (Phi) is 6.46. The fourth-order valence-corrected chi connectivity index (χ4v) is 1.52. The second kappa shape index (κ2) is 8.16. The molecule has 0 unspecified atom stereocenters. The van der Waals surface area contributed by atoms with Crippen molar-refractivity contribution < 1.29 is 14.3 Å². The topological polar surface area (TPSA) is 59.6 Å². The Morgan fingerprint density at radius 2 is 2.21 bits per heavy atom. The molecule has 0 spiro atoms. The quantitative estimate of drug-likeness (QED) is 0.555. The van der Waals surface area contributed by atoms with Gasteiger partial charge >= 0.3 is 0 Å². The first-order valence-corrected chi connectivity index (χ1v) is 6.13. The van der Waals surface area contributed by atoms with Gasteiger partial charge < -0.3 is 20.1 Å². The van der Waals surface area contributed by atoms with Crippen LogP contribution in [-0.2, 0) is 4.79 Å². The number of ether oxygens (including phenoxy) is 2. The lowest BCUT2D eigenvalue weighted by Crippen LogP contribution is -2.28. The summed E-state index contributed by atoms with van der Waals surface area (Å²) in [4.78, 5) is 11.6. The monoisotopic (exact) mass is 264 g/mol. The van der Waals surface area contributed by atoms with Crippen LogP contribution in [-0.4, -0.2) is 32.7 Å². The lowest BCUT2D eigenvalue weighted by Gasteiger charge is -2.12. The van der Waals surface area contributed by atoms with E-state index in [1.54, 1.807) is 31.4 Å². The van der Waals surface area contributed by atoms with E-state index in [4.69, 9.17) is 9.47 Å². The predicted octanol–water partition coefficient (Wildman–Crippen LogP) is 1.81. The van der Waals surface area contributed by atoms with Crippen molar-refractivity contribution in [3.8, 4) is 11.5 Å². The van der Waals surface area contributed by atoms with Gasteiger partial charge in [-0.05, 0) is 19.1 Å². The number of amides is 1. The van der Waals surface area contributed by atoms with Crippen molar-refractivity contribution in [3.63, 3.8) is 0 Å². The molecular weight excluding hydrogens is 244 g/mol. The maximum Gasteiger partial charge on any atom is 0.238 e. The van der Waals surface area contributed by atoms with Gasteiger partial charge in [0.25, 0.3) is 0 Å². The van der Waals surface area contributed by atoms with Gasteiger partial charge in [0.2, 0.25) is 5.91 Å². The van der Waals surface area contributed by atoms with E-state index in [1.807, 2.05) is 6.92 Å². The third-order valence-electron chi connectivity index (χ3n) is 2.32. The summed E-state index contributed by atoms with van der Waals surface area (Å²) in [5, 5.41) is 5.71. The summed E-state index contributed by atoms with van der Waals surface area (Å²) in [6.07, 6.45) is 1.70. The van der Waals surface area contributed by atoms with E-state index in [9.17, 15) is 4.79 Å². The van der Waals surface area contributed by atoms with Gasteiger partial charge in [0, 0.05) is 18.3 Å². The van der Waals surface area contributed by atoms with E-state index in [2.05, 4.69) is 17.2 Å². The number of hydrogen-bond acceptors (Lipinski definition) is 4. The number of rotatable bonds is 8. The molecule has 0 aliphatic heterocycles. The van der Waals surface area contributed by atoms with Gasteiger partial charge in [-0.25, -0.2) is 0 Å². The number of benzene rings is 1. The summed E-state index contributed by atoms with van der Waals surface area (Å²) in [6.45, 7) is 6.83. The van der Waals surface area contributed by atoms with Crippen LogP contribution in [0.4, 0.5) is 5.69 Å². The molecule has 0 aliphatic rings. The summed E-state index contributed by atoms with van der Waals surface area (Å²) >= 11 is 0. The highest BCUT2D eigenvalue weighted by molar-refractivity contribution is 5.92. The summed E-state index contributed by atoms with van der Waals surface area (Å²) in [5.74, 6) is 1.14. The maximum absolute atomic E-state index is 11.6. The van der Waals surface area contributed by atoms with Crippen molar-refractivity contribution in [1.29, 1.82) is 0 Å². The molecular formula is C14H20N2O3. The number of carbonyl (C=O) groups excluding carboxylic acids is 1. The number of hydrogen-bond donors (Lipinski definition) is 2. The molecule has 0 atom stereocenters. The van der Waals surface area contributed by atoms with E-state index in [0.717, 1.165) is 0 Å². The Morgan fingerprint density at radius 1 is 1.42 bits per heavy atom. The average molecular weight is 264 g/mol. The Bertz CT molecular complexity index is 433. The molecule has 5 nitrogen and oxygen atoms in total. The third kappa shape index (κ3) is 5.01. The van der Waals surface area contributed by atoms with Crippen LogP contribution in [0.3, 0.4) is 0 Å². The molecule has 0 aromatic heterocycles. The number of anilines is 1. The van der Waals surface area contributed by atoms with Crippen molar-refractivity contribution in [2.45, 2.75) is 6.92 Å². The van der Waals surface area contributed by atoms with Crippen molar-refractivity contribution in [1.82, 2.24) is 5.32 Å². The lowest BCUT2D eigenvalue weighted by molar-refractivity contribution is -0.115. The van der Waals surface area contributed by atoms with Crippen molar-refractivity contribution in [2.24, 2.45) is 0 Å². The van der Waals surface area contributed by atoms with E-state index < -0.39 is 0 Å². The van der Waals surface area contributed by atoms with Crippen LogP contribution >= 0.6 is 0 Å². The molecule has 104 valence electrons. The zero-order valence-corrected chi connectivity index (χ0v) is 11.4. The van der Waals surface area contributed by atoms with Crippen molar-refractivity contribution >= 4 is 11.6 Å². The summed E-state index contributed by atoms with van der Waals surface area (Å²) < 4.78 is 10.6. The van der Waals surface area contributed by atoms with Gasteiger partial charge in [-0.1, -0.05) is 6.08 Å². The second-order valence-corrected chi connectivity index (χ2v) is 3.77. The number of methoxy groups -OCH3 is 1. The molecule has 1 aromatic rings. The molecule has 0 saturated heterocycles.